The van der Waals surface area contributed by atoms with Crippen molar-refractivity contribution in [3.8, 4) is 0 Å². The first kappa shape index (κ1) is 9.24. The Morgan fingerprint density at radius 2 is 2.17 bits per heavy atom. The Bertz CT molecular complexity index is 246. The van der Waals surface area contributed by atoms with Gasteiger partial charge >= 0.3 is 0 Å². The molecule has 0 saturated heterocycles. The van der Waals surface area contributed by atoms with Gasteiger partial charge in [0.1, 0.15) is 0 Å². The van der Waals surface area contributed by atoms with E-state index in [0.717, 1.165) is 36.8 Å². The zero-order valence-electron chi connectivity index (χ0n) is 7.94. The Hall–Kier alpha value is -0.850. The number of allylic oxidation sites excluding steroid dienone is 3. The molecule has 0 radical (unpaired) electrons. The summed E-state index contributed by atoms with van der Waals surface area (Å²) in [5.41, 5.74) is 3.04. The first-order valence-electron chi connectivity index (χ1n) is 4.58. The molecule has 1 aliphatic rings. The predicted molar refractivity (Wildman–Crippen MR) is 51.0 cm³/mol. The molecule has 0 N–H and O–H groups in total. The highest BCUT2D eigenvalue weighted by atomic mass is 16.1. The maximum atomic E-state index is 11.5. The highest BCUT2D eigenvalue weighted by Gasteiger charge is 2.22. The van der Waals surface area contributed by atoms with E-state index in [1.54, 1.807) is 0 Å². The van der Waals surface area contributed by atoms with Crippen molar-refractivity contribution < 1.29 is 4.79 Å². The monoisotopic (exact) mass is 164 g/mol. The summed E-state index contributed by atoms with van der Waals surface area (Å²) in [5.74, 6) is 0.209. The van der Waals surface area contributed by atoms with E-state index < -0.39 is 0 Å². The highest BCUT2D eigenvalue weighted by Crippen LogP contribution is 2.29. The largest absolute Gasteiger partial charge is 0.289 e. The van der Waals surface area contributed by atoms with Crippen molar-refractivity contribution in [2.75, 3.05) is 0 Å². The van der Waals surface area contributed by atoms with Gasteiger partial charge in [-0.15, -0.1) is 0 Å². The van der Waals surface area contributed by atoms with E-state index in [0.29, 0.717) is 0 Å². The van der Waals surface area contributed by atoms with E-state index in [-0.39, 0.29) is 5.78 Å². The van der Waals surface area contributed by atoms with E-state index in [9.17, 15) is 4.79 Å². The Morgan fingerprint density at radius 3 is 2.58 bits per heavy atom. The second-order valence-corrected chi connectivity index (χ2v) is 3.47. The van der Waals surface area contributed by atoms with Gasteiger partial charge in [0, 0.05) is 0 Å². The third kappa shape index (κ3) is 1.66. The van der Waals surface area contributed by atoms with Crippen LogP contribution in [-0.4, -0.2) is 5.78 Å². The van der Waals surface area contributed by atoms with Crippen molar-refractivity contribution in [2.45, 2.75) is 39.5 Å². The topological polar surface area (TPSA) is 17.1 Å². The number of unbranched alkanes of at least 4 members (excludes halogenated alkanes) is 1. The van der Waals surface area contributed by atoms with Crippen LogP contribution in [0.3, 0.4) is 0 Å². The summed E-state index contributed by atoms with van der Waals surface area (Å²) in [5, 5.41) is 0. The second-order valence-electron chi connectivity index (χ2n) is 3.47. The summed E-state index contributed by atoms with van der Waals surface area (Å²) in [6.45, 7) is 7.94. The van der Waals surface area contributed by atoms with Crippen molar-refractivity contribution >= 4 is 5.78 Å². The quantitative estimate of drug-likeness (QED) is 0.586. The molecular formula is C11H16O. The fourth-order valence-electron chi connectivity index (χ4n) is 1.59. The standard InChI is InChI=1S/C11H16O/c1-4-5-6-10-8(2)7-9(3)11(10)12/h3-7H2,1-2H3. The van der Waals surface area contributed by atoms with Crippen LogP contribution in [-0.2, 0) is 4.79 Å². The number of carbonyl (C=O) groups excluding carboxylic acids is 1. The fraction of sp³-hybridized carbons (Fsp3) is 0.545. The molecule has 12 heavy (non-hydrogen) atoms. The Balaban J connectivity index is 2.67. The smallest absolute Gasteiger partial charge is 0.184 e. The van der Waals surface area contributed by atoms with Crippen LogP contribution in [0.4, 0.5) is 0 Å². The van der Waals surface area contributed by atoms with E-state index in [1.807, 2.05) is 6.92 Å². The number of carbonyl (C=O) groups is 1. The van der Waals surface area contributed by atoms with Gasteiger partial charge in [0.15, 0.2) is 5.78 Å². The normalized spacial score (nSPS) is 17.8. The molecule has 0 saturated carbocycles. The van der Waals surface area contributed by atoms with Gasteiger partial charge in [0.25, 0.3) is 0 Å². The lowest BCUT2D eigenvalue weighted by molar-refractivity contribution is -0.112. The molecule has 1 rings (SSSR count). The molecule has 1 heteroatoms. The predicted octanol–water partition coefficient (Wildman–Crippen LogP) is 3.02. The fourth-order valence-corrected chi connectivity index (χ4v) is 1.59. The molecule has 1 aliphatic carbocycles. The number of rotatable bonds is 3. The molecule has 0 spiro atoms. The summed E-state index contributed by atoms with van der Waals surface area (Å²) in [7, 11) is 0. The highest BCUT2D eigenvalue weighted by molar-refractivity contribution is 6.11. The van der Waals surface area contributed by atoms with E-state index in [2.05, 4.69) is 13.5 Å². The van der Waals surface area contributed by atoms with Gasteiger partial charge < -0.3 is 0 Å². The first-order chi connectivity index (χ1) is 5.66. The van der Waals surface area contributed by atoms with Gasteiger partial charge in [-0.25, -0.2) is 0 Å². The molecule has 0 aromatic rings. The molecule has 66 valence electrons. The van der Waals surface area contributed by atoms with Crippen molar-refractivity contribution in [2.24, 2.45) is 0 Å². The molecule has 0 unspecified atom stereocenters. The van der Waals surface area contributed by atoms with E-state index in [1.165, 1.54) is 5.57 Å². The molecular weight excluding hydrogens is 148 g/mol. The maximum absolute atomic E-state index is 11.5. The minimum Gasteiger partial charge on any atom is -0.289 e. The summed E-state index contributed by atoms with van der Waals surface area (Å²) >= 11 is 0. The average Bonchev–Trinajstić information content (AvgIpc) is 2.25. The molecule has 0 aromatic carbocycles. The summed E-state index contributed by atoms with van der Waals surface area (Å²) < 4.78 is 0. The van der Waals surface area contributed by atoms with Gasteiger partial charge in [-0.2, -0.15) is 0 Å². The molecule has 0 heterocycles. The summed E-state index contributed by atoms with van der Waals surface area (Å²) in [4.78, 5) is 11.5. The summed E-state index contributed by atoms with van der Waals surface area (Å²) in [6, 6.07) is 0. The number of hydrogen-bond donors (Lipinski definition) is 0. The van der Waals surface area contributed by atoms with Crippen LogP contribution in [0.2, 0.25) is 0 Å². The van der Waals surface area contributed by atoms with E-state index in [4.69, 9.17) is 0 Å². The molecule has 0 bridgehead atoms. The molecule has 0 fully saturated rings. The van der Waals surface area contributed by atoms with Gasteiger partial charge in [-0.1, -0.05) is 25.5 Å². The van der Waals surface area contributed by atoms with Gasteiger partial charge in [-0.05, 0) is 37.3 Å². The number of Topliss-reactive ketones (excluding diaryl/α,β-unsaturated/α-hetero) is 1. The van der Waals surface area contributed by atoms with Gasteiger partial charge in [0.2, 0.25) is 0 Å². The maximum Gasteiger partial charge on any atom is 0.184 e. The van der Waals surface area contributed by atoms with Crippen LogP contribution in [0.15, 0.2) is 23.3 Å². The third-order valence-corrected chi connectivity index (χ3v) is 2.37. The van der Waals surface area contributed by atoms with Crippen LogP contribution in [0, 0.1) is 0 Å². The Labute approximate surface area is 74.2 Å². The average molecular weight is 164 g/mol. The van der Waals surface area contributed by atoms with E-state index >= 15 is 0 Å². The zero-order valence-corrected chi connectivity index (χ0v) is 7.94. The molecule has 0 aromatic heterocycles. The molecule has 0 aliphatic heterocycles. The lowest BCUT2D eigenvalue weighted by Crippen LogP contribution is -1.98. The Kier molecular flexibility index (Phi) is 2.85. The Morgan fingerprint density at radius 1 is 1.50 bits per heavy atom. The molecule has 1 nitrogen and oxygen atoms in total. The van der Waals surface area contributed by atoms with Crippen LogP contribution in [0.25, 0.3) is 0 Å². The van der Waals surface area contributed by atoms with Gasteiger partial charge in [0.05, 0.1) is 0 Å². The summed E-state index contributed by atoms with van der Waals surface area (Å²) in [6.07, 6.45) is 4.01. The zero-order chi connectivity index (χ0) is 9.14. The SMILES string of the molecule is C=C1CC(C)=C(CCCC)C1=O. The van der Waals surface area contributed by atoms with Crippen LogP contribution in [0.5, 0.6) is 0 Å². The van der Waals surface area contributed by atoms with Gasteiger partial charge in [-0.3, -0.25) is 4.79 Å². The molecule has 0 amide bonds. The second kappa shape index (κ2) is 3.70. The van der Waals surface area contributed by atoms with Crippen LogP contribution in [0.1, 0.15) is 39.5 Å². The van der Waals surface area contributed by atoms with Crippen molar-refractivity contribution in [3.05, 3.63) is 23.3 Å². The molecule has 0 atom stereocenters. The van der Waals surface area contributed by atoms with Crippen LogP contribution >= 0.6 is 0 Å². The van der Waals surface area contributed by atoms with Crippen molar-refractivity contribution in [3.63, 3.8) is 0 Å². The van der Waals surface area contributed by atoms with Crippen molar-refractivity contribution in [1.82, 2.24) is 0 Å². The van der Waals surface area contributed by atoms with Crippen LogP contribution < -0.4 is 0 Å². The lowest BCUT2D eigenvalue weighted by atomic mass is 10.0. The first-order valence-corrected chi connectivity index (χ1v) is 4.58. The van der Waals surface area contributed by atoms with Crippen molar-refractivity contribution in [1.29, 1.82) is 0 Å². The third-order valence-electron chi connectivity index (χ3n) is 2.37. The lowest BCUT2D eigenvalue weighted by Gasteiger charge is -1.99. The minimum atomic E-state index is 0.209. The number of ketones is 1. The minimum absolute atomic E-state index is 0.209. The number of hydrogen-bond acceptors (Lipinski definition) is 1.